The molecule has 0 unspecified atom stereocenters. The van der Waals surface area contributed by atoms with Crippen LogP contribution in [0.3, 0.4) is 0 Å². The maximum Gasteiger partial charge on any atom is 0.253 e. The van der Waals surface area contributed by atoms with Gasteiger partial charge < -0.3 is 9.88 Å². The van der Waals surface area contributed by atoms with Crippen molar-refractivity contribution in [3.8, 4) is 6.07 Å². The first-order valence-electron chi connectivity index (χ1n) is 11.3. The Bertz CT molecular complexity index is 1430. The standard InChI is InChI=1S/C26H25N5O2S2/c1-19(21-6-3-2-4-7-21)25-17-30(16-23-14-28-18-29-23)24-10-9-20(13-27)12-22(24)15-31(25)35(32,33)26-8-5-11-34-26/h2-12,14,18-19,25H,15-17H2,1H3,(H,28,29)/t19-,25+/m0/s1. The van der Waals surface area contributed by atoms with E-state index in [0.29, 0.717) is 22.9 Å². The van der Waals surface area contributed by atoms with Crippen LogP contribution in [-0.2, 0) is 23.1 Å². The van der Waals surface area contributed by atoms with Crippen molar-refractivity contribution in [1.82, 2.24) is 14.3 Å². The van der Waals surface area contributed by atoms with E-state index in [2.05, 4.69) is 27.9 Å². The van der Waals surface area contributed by atoms with Crippen LogP contribution in [0.1, 0.15) is 35.2 Å². The number of aromatic amines is 1. The average molecular weight is 504 g/mol. The molecule has 2 atom stereocenters. The van der Waals surface area contributed by atoms with Crippen LogP contribution in [0.15, 0.2) is 82.8 Å². The SMILES string of the molecule is C[C@@H](c1ccccc1)[C@H]1CN(Cc2cnc[nH]2)c2ccc(C#N)cc2CN1S(=O)(=O)c1cccs1. The van der Waals surface area contributed by atoms with E-state index in [1.807, 2.05) is 42.5 Å². The highest BCUT2D eigenvalue weighted by Gasteiger charge is 2.40. The van der Waals surface area contributed by atoms with E-state index in [-0.39, 0.29) is 18.5 Å². The second kappa shape index (κ2) is 9.66. The summed E-state index contributed by atoms with van der Waals surface area (Å²) < 4.78 is 29.9. The van der Waals surface area contributed by atoms with Gasteiger partial charge in [0.05, 0.1) is 30.2 Å². The molecule has 2 aromatic heterocycles. The zero-order valence-corrected chi connectivity index (χ0v) is 20.8. The van der Waals surface area contributed by atoms with Crippen molar-refractivity contribution < 1.29 is 8.42 Å². The summed E-state index contributed by atoms with van der Waals surface area (Å²) in [5.74, 6) is -0.0695. The smallest absolute Gasteiger partial charge is 0.253 e. The first kappa shape index (κ1) is 23.3. The highest BCUT2D eigenvalue weighted by molar-refractivity contribution is 7.91. The molecule has 0 saturated heterocycles. The molecule has 0 fully saturated rings. The van der Waals surface area contributed by atoms with Gasteiger partial charge in [-0.3, -0.25) is 0 Å². The van der Waals surface area contributed by atoms with Gasteiger partial charge in [0.25, 0.3) is 10.0 Å². The number of thiophene rings is 1. The number of nitriles is 1. The minimum Gasteiger partial charge on any atom is -0.364 e. The van der Waals surface area contributed by atoms with Gasteiger partial charge in [-0.05, 0) is 46.7 Å². The number of nitrogens with zero attached hydrogens (tertiary/aromatic N) is 4. The fourth-order valence-electron chi connectivity index (χ4n) is 4.69. The number of imidazole rings is 1. The van der Waals surface area contributed by atoms with Gasteiger partial charge in [-0.15, -0.1) is 11.3 Å². The van der Waals surface area contributed by atoms with E-state index < -0.39 is 10.0 Å². The van der Waals surface area contributed by atoms with E-state index in [1.54, 1.807) is 40.4 Å². The summed E-state index contributed by atoms with van der Waals surface area (Å²) in [6.45, 7) is 3.30. The number of H-pyrrole nitrogens is 1. The molecular weight excluding hydrogens is 478 g/mol. The lowest BCUT2D eigenvalue weighted by Crippen LogP contribution is -2.47. The van der Waals surface area contributed by atoms with Gasteiger partial charge >= 0.3 is 0 Å². The Morgan fingerprint density at radius 2 is 2.03 bits per heavy atom. The van der Waals surface area contributed by atoms with Crippen molar-refractivity contribution in [1.29, 1.82) is 5.26 Å². The number of hydrogen-bond acceptors (Lipinski definition) is 6. The van der Waals surface area contributed by atoms with Crippen molar-refractivity contribution in [3.05, 3.63) is 101 Å². The number of aromatic nitrogens is 2. The molecule has 178 valence electrons. The maximum atomic E-state index is 14.0. The molecular formula is C26H25N5O2S2. The van der Waals surface area contributed by atoms with Crippen LogP contribution in [0.25, 0.3) is 0 Å². The lowest BCUT2D eigenvalue weighted by Gasteiger charge is -2.35. The monoisotopic (exact) mass is 503 g/mol. The zero-order chi connectivity index (χ0) is 24.4. The Balaban J connectivity index is 1.65. The molecule has 0 amide bonds. The average Bonchev–Trinajstić information content (AvgIpc) is 3.58. The first-order chi connectivity index (χ1) is 17.0. The lowest BCUT2D eigenvalue weighted by atomic mass is 9.93. The minimum atomic E-state index is -3.77. The molecule has 1 N–H and O–H groups in total. The summed E-state index contributed by atoms with van der Waals surface area (Å²) in [7, 11) is -3.77. The normalized spacial score (nSPS) is 17.4. The minimum absolute atomic E-state index is 0.0695. The first-order valence-corrected chi connectivity index (χ1v) is 13.6. The molecule has 1 aliphatic heterocycles. The maximum absolute atomic E-state index is 14.0. The predicted molar refractivity (Wildman–Crippen MR) is 136 cm³/mol. The molecule has 3 heterocycles. The molecule has 0 saturated carbocycles. The number of hydrogen-bond donors (Lipinski definition) is 1. The van der Waals surface area contributed by atoms with Crippen LogP contribution < -0.4 is 4.90 Å². The van der Waals surface area contributed by atoms with Crippen molar-refractivity contribution in [2.24, 2.45) is 0 Å². The summed E-state index contributed by atoms with van der Waals surface area (Å²) in [5, 5.41) is 11.3. The van der Waals surface area contributed by atoms with Crippen LogP contribution >= 0.6 is 11.3 Å². The van der Waals surface area contributed by atoms with Crippen LogP contribution in [0.2, 0.25) is 0 Å². The highest BCUT2D eigenvalue weighted by atomic mass is 32.2. The molecule has 7 nitrogen and oxygen atoms in total. The molecule has 1 aliphatic rings. The van der Waals surface area contributed by atoms with E-state index >= 15 is 0 Å². The molecule has 0 radical (unpaired) electrons. The van der Waals surface area contributed by atoms with Crippen molar-refractivity contribution in [2.75, 3.05) is 11.4 Å². The number of nitrogens with one attached hydrogen (secondary N) is 1. The molecule has 5 rings (SSSR count). The predicted octanol–water partition coefficient (Wildman–Crippen LogP) is 4.73. The van der Waals surface area contributed by atoms with Crippen LogP contribution in [0, 0.1) is 11.3 Å². The Morgan fingerprint density at radius 1 is 1.20 bits per heavy atom. The topological polar surface area (TPSA) is 93.1 Å². The number of sulfonamides is 1. The molecule has 0 spiro atoms. The number of benzene rings is 2. The second-order valence-electron chi connectivity index (χ2n) is 8.66. The fraction of sp³-hybridized carbons (Fsp3) is 0.231. The summed E-state index contributed by atoms with van der Waals surface area (Å²) in [6, 6.07) is 20.8. The van der Waals surface area contributed by atoms with E-state index in [0.717, 1.165) is 22.5 Å². The van der Waals surface area contributed by atoms with Crippen LogP contribution in [0.5, 0.6) is 0 Å². The third-order valence-corrected chi connectivity index (χ3v) is 9.77. The number of fused-ring (bicyclic) bond motifs is 1. The van der Waals surface area contributed by atoms with Gasteiger partial charge in [-0.25, -0.2) is 13.4 Å². The van der Waals surface area contributed by atoms with Gasteiger partial charge in [0.2, 0.25) is 0 Å². The Morgan fingerprint density at radius 3 is 2.71 bits per heavy atom. The third-order valence-electron chi connectivity index (χ3n) is 6.53. The molecule has 4 aromatic rings. The second-order valence-corrected chi connectivity index (χ2v) is 11.7. The summed E-state index contributed by atoms with van der Waals surface area (Å²) in [4.78, 5) is 9.51. The quantitative estimate of drug-likeness (QED) is 0.411. The molecule has 35 heavy (non-hydrogen) atoms. The third kappa shape index (κ3) is 4.60. The summed E-state index contributed by atoms with van der Waals surface area (Å²) in [6.07, 6.45) is 3.43. The van der Waals surface area contributed by atoms with Gasteiger partial charge in [0.1, 0.15) is 4.21 Å². The Hall–Kier alpha value is -3.45. The lowest BCUT2D eigenvalue weighted by molar-refractivity contribution is 0.288. The summed E-state index contributed by atoms with van der Waals surface area (Å²) >= 11 is 1.22. The molecule has 9 heteroatoms. The van der Waals surface area contributed by atoms with Gasteiger partial charge in [0, 0.05) is 31.0 Å². The largest absolute Gasteiger partial charge is 0.364 e. The fourth-order valence-corrected chi connectivity index (χ4v) is 7.48. The summed E-state index contributed by atoms with van der Waals surface area (Å²) in [5.41, 5.74) is 4.25. The van der Waals surface area contributed by atoms with Crippen molar-refractivity contribution in [2.45, 2.75) is 36.2 Å². The highest BCUT2D eigenvalue weighted by Crippen LogP contribution is 2.37. The molecule has 0 bridgehead atoms. The van der Waals surface area contributed by atoms with Gasteiger partial charge in [0.15, 0.2) is 0 Å². The van der Waals surface area contributed by atoms with E-state index in [4.69, 9.17) is 0 Å². The molecule has 2 aromatic carbocycles. The Kier molecular flexibility index (Phi) is 6.43. The van der Waals surface area contributed by atoms with Crippen LogP contribution in [0.4, 0.5) is 5.69 Å². The van der Waals surface area contributed by atoms with Crippen molar-refractivity contribution in [3.63, 3.8) is 0 Å². The van der Waals surface area contributed by atoms with Gasteiger partial charge in [-0.1, -0.05) is 43.3 Å². The van der Waals surface area contributed by atoms with E-state index in [1.165, 1.54) is 11.3 Å². The van der Waals surface area contributed by atoms with Gasteiger partial charge in [-0.2, -0.15) is 9.57 Å². The number of rotatable bonds is 6. The zero-order valence-electron chi connectivity index (χ0n) is 19.2. The van der Waals surface area contributed by atoms with Crippen LogP contribution in [-0.4, -0.2) is 35.3 Å². The number of anilines is 1. The Labute approximate surface area is 209 Å². The van der Waals surface area contributed by atoms with E-state index in [9.17, 15) is 13.7 Å². The van der Waals surface area contributed by atoms with Crippen molar-refractivity contribution >= 4 is 27.0 Å². The molecule has 0 aliphatic carbocycles.